The van der Waals surface area contributed by atoms with Crippen molar-refractivity contribution in [3.8, 4) is 0 Å². The number of carbonyl (C=O) groups is 4. The lowest BCUT2D eigenvalue weighted by Gasteiger charge is -2.19. The predicted molar refractivity (Wildman–Crippen MR) is 76.9 cm³/mol. The number of amides is 3. The van der Waals surface area contributed by atoms with Gasteiger partial charge in [-0.2, -0.15) is 0 Å². The Hall–Kier alpha value is -1.96. The zero-order valence-corrected chi connectivity index (χ0v) is 12.6. The molecule has 8 heteroatoms. The Labute approximate surface area is 124 Å². The number of hydrogen-bond donors (Lipinski definition) is 4. The molecule has 6 N–H and O–H groups in total. The molecule has 0 aliphatic heterocycles. The summed E-state index contributed by atoms with van der Waals surface area (Å²) in [5, 5.41) is 4.57. The lowest BCUT2D eigenvalue weighted by Crippen LogP contribution is -2.51. The van der Waals surface area contributed by atoms with Crippen LogP contribution in [0.15, 0.2) is 0 Å². The Morgan fingerprint density at radius 1 is 1.14 bits per heavy atom. The van der Waals surface area contributed by atoms with E-state index in [-0.39, 0.29) is 5.92 Å². The predicted octanol–water partition coefficient (Wildman–Crippen LogP) is -1.57. The van der Waals surface area contributed by atoms with Crippen molar-refractivity contribution in [3.05, 3.63) is 0 Å². The Balaban J connectivity index is 4.33. The van der Waals surface area contributed by atoms with E-state index in [4.69, 9.17) is 11.5 Å². The number of nitrogens with two attached hydrogens (primary N) is 2. The van der Waals surface area contributed by atoms with Gasteiger partial charge in [-0.1, -0.05) is 27.2 Å². The minimum absolute atomic E-state index is 0.179. The van der Waals surface area contributed by atoms with Crippen LogP contribution >= 0.6 is 0 Å². The highest BCUT2D eigenvalue weighted by atomic mass is 16.2. The topological polar surface area (TPSA) is 144 Å². The summed E-state index contributed by atoms with van der Waals surface area (Å²) >= 11 is 0. The molecule has 3 amide bonds. The standard InChI is InChI=1S/C13H24N4O4/c1-4-5-8(14)11(19)13(21)16-6-9(18)17-10(7(2)3)12(15)20/h7-8,10H,4-6,14H2,1-3H3,(H2,15,20)(H,16,21)(H,17,18). The van der Waals surface area contributed by atoms with Gasteiger partial charge in [0.05, 0.1) is 12.6 Å². The Morgan fingerprint density at radius 2 is 1.71 bits per heavy atom. The largest absolute Gasteiger partial charge is 0.368 e. The minimum Gasteiger partial charge on any atom is -0.368 e. The van der Waals surface area contributed by atoms with E-state index < -0.39 is 42.1 Å². The number of hydrogen-bond acceptors (Lipinski definition) is 5. The average Bonchev–Trinajstić information content (AvgIpc) is 2.40. The van der Waals surface area contributed by atoms with Crippen molar-refractivity contribution in [1.82, 2.24) is 10.6 Å². The van der Waals surface area contributed by atoms with Crippen molar-refractivity contribution in [2.24, 2.45) is 17.4 Å². The monoisotopic (exact) mass is 300 g/mol. The normalized spacial score (nSPS) is 13.4. The van der Waals surface area contributed by atoms with Crippen molar-refractivity contribution in [2.75, 3.05) is 6.54 Å². The van der Waals surface area contributed by atoms with Crippen LogP contribution in [0.3, 0.4) is 0 Å². The second kappa shape index (κ2) is 9.06. The molecule has 0 aromatic rings. The van der Waals surface area contributed by atoms with Gasteiger partial charge in [0.15, 0.2) is 0 Å². The maximum Gasteiger partial charge on any atom is 0.289 e. The fourth-order valence-corrected chi connectivity index (χ4v) is 1.65. The highest BCUT2D eigenvalue weighted by Crippen LogP contribution is 2.00. The quantitative estimate of drug-likeness (QED) is 0.380. The third-order valence-corrected chi connectivity index (χ3v) is 2.86. The number of carbonyl (C=O) groups excluding carboxylic acids is 4. The first-order valence-corrected chi connectivity index (χ1v) is 6.87. The fraction of sp³-hybridized carbons (Fsp3) is 0.692. The first kappa shape index (κ1) is 19.0. The third kappa shape index (κ3) is 6.84. The maximum absolute atomic E-state index is 11.6. The van der Waals surface area contributed by atoms with Gasteiger partial charge in [0.25, 0.3) is 5.91 Å². The molecular weight excluding hydrogens is 276 g/mol. The molecule has 0 saturated heterocycles. The summed E-state index contributed by atoms with van der Waals surface area (Å²) in [5.41, 5.74) is 10.7. The van der Waals surface area contributed by atoms with Gasteiger partial charge in [-0.25, -0.2) is 0 Å². The van der Waals surface area contributed by atoms with E-state index in [1.807, 2.05) is 6.92 Å². The van der Waals surface area contributed by atoms with Gasteiger partial charge in [0.1, 0.15) is 6.04 Å². The average molecular weight is 300 g/mol. The molecule has 8 nitrogen and oxygen atoms in total. The first-order chi connectivity index (χ1) is 9.70. The number of ketones is 1. The summed E-state index contributed by atoms with van der Waals surface area (Å²) in [4.78, 5) is 45.8. The number of nitrogens with one attached hydrogen (secondary N) is 2. The third-order valence-electron chi connectivity index (χ3n) is 2.86. The van der Waals surface area contributed by atoms with Crippen molar-refractivity contribution in [1.29, 1.82) is 0 Å². The summed E-state index contributed by atoms with van der Waals surface area (Å²) in [6.45, 7) is 4.87. The van der Waals surface area contributed by atoms with E-state index in [2.05, 4.69) is 10.6 Å². The van der Waals surface area contributed by atoms with E-state index in [0.717, 1.165) is 0 Å². The molecule has 0 fully saturated rings. The number of Topliss-reactive ketones (excluding diaryl/α,β-unsaturated/α-hetero) is 1. The molecule has 2 atom stereocenters. The summed E-state index contributed by atoms with van der Waals surface area (Å²) in [5.74, 6) is -3.11. The molecule has 0 aliphatic rings. The number of primary amides is 1. The first-order valence-electron chi connectivity index (χ1n) is 6.87. The molecule has 0 bridgehead atoms. The summed E-state index contributed by atoms with van der Waals surface area (Å²) in [6, 6.07) is -1.69. The van der Waals surface area contributed by atoms with Crippen LogP contribution in [0.25, 0.3) is 0 Å². The highest BCUT2D eigenvalue weighted by Gasteiger charge is 2.24. The van der Waals surface area contributed by atoms with Crippen LogP contribution in [-0.4, -0.2) is 42.1 Å². The van der Waals surface area contributed by atoms with Crippen molar-refractivity contribution in [3.63, 3.8) is 0 Å². The molecule has 0 saturated carbocycles. The highest BCUT2D eigenvalue weighted by molar-refractivity contribution is 6.38. The van der Waals surface area contributed by atoms with Gasteiger partial charge in [-0.15, -0.1) is 0 Å². The summed E-state index contributed by atoms with van der Waals surface area (Å²) in [6.07, 6.45) is 1.07. The van der Waals surface area contributed by atoms with E-state index in [1.54, 1.807) is 13.8 Å². The van der Waals surface area contributed by atoms with Crippen LogP contribution < -0.4 is 22.1 Å². The van der Waals surface area contributed by atoms with Crippen LogP contribution in [-0.2, 0) is 19.2 Å². The Morgan fingerprint density at radius 3 is 2.14 bits per heavy atom. The molecule has 0 aliphatic carbocycles. The van der Waals surface area contributed by atoms with Gasteiger partial charge in [-0.05, 0) is 12.3 Å². The Kier molecular flexibility index (Phi) is 8.22. The molecule has 120 valence electrons. The molecule has 2 unspecified atom stereocenters. The van der Waals surface area contributed by atoms with Gasteiger partial charge in [0, 0.05) is 0 Å². The van der Waals surface area contributed by atoms with E-state index in [9.17, 15) is 19.2 Å². The van der Waals surface area contributed by atoms with E-state index in [0.29, 0.717) is 12.8 Å². The smallest absolute Gasteiger partial charge is 0.289 e. The second-order valence-electron chi connectivity index (χ2n) is 5.13. The van der Waals surface area contributed by atoms with Gasteiger partial charge in [-0.3, -0.25) is 19.2 Å². The summed E-state index contributed by atoms with van der Waals surface area (Å²) < 4.78 is 0. The molecule has 0 rings (SSSR count). The van der Waals surface area contributed by atoms with Gasteiger partial charge < -0.3 is 22.1 Å². The van der Waals surface area contributed by atoms with Crippen molar-refractivity contribution >= 4 is 23.5 Å². The summed E-state index contributed by atoms with van der Waals surface area (Å²) in [7, 11) is 0. The van der Waals surface area contributed by atoms with Crippen LogP contribution in [0.2, 0.25) is 0 Å². The van der Waals surface area contributed by atoms with Crippen LogP contribution in [0.4, 0.5) is 0 Å². The SMILES string of the molecule is CCCC(N)C(=O)C(=O)NCC(=O)NC(C(N)=O)C(C)C. The molecule has 0 radical (unpaired) electrons. The Bertz CT molecular complexity index is 409. The second-order valence-corrected chi connectivity index (χ2v) is 5.13. The van der Waals surface area contributed by atoms with Crippen molar-refractivity contribution < 1.29 is 19.2 Å². The molecule has 0 heterocycles. The van der Waals surface area contributed by atoms with E-state index >= 15 is 0 Å². The lowest BCUT2D eigenvalue weighted by molar-refractivity contribution is -0.139. The fourth-order valence-electron chi connectivity index (χ4n) is 1.65. The molecular formula is C13H24N4O4. The molecule has 0 spiro atoms. The lowest BCUT2D eigenvalue weighted by atomic mass is 10.0. The zero-order valence-electron chi connectivity index (χ0n) is 12.6. The number of rotatable bonds is 9. The molecule has 0 aromatic heterocycles. The van der Waals surface area contributed by atoms with Gasteiger partial charge >= 0.3 is 0 Å². The van der Waals surface area contributed by atoms with E-state index in [1.165, 1.54) is 0 Å². The van der Waals surface area contributed by atoms with Crippen LogP contribution in [0, 0.1) is 5.92 Å². The van der Waals surface area contributed by atoms with Crippen LogP contribution in [0.1, 0.15) is 33.6 Å². The maximum atomic E-state index is 11.6. The molecule has 0 aromatic carbocycles. The van der Waals surface area contributed by atoms with Crippen LogP contribution in [0.5, 0.6) is 0 Å². The zero-order chi connectivity index (χ0) is 16.6. The minimum atomic E-state index is -0.911. The van der Waals surface area contributed by atoms with Gasteiger partial charge in [0.2, 0.25) is 17.6 Å². The molecule has 21 heavy (non-hydrogen) atoms. The van der Waals surface area contributed by atoms with Crippen molar-refractivity contribution in [2.45, 2.75) is 45.7 Å².